The monoisotopic (exact) mass is 784 g/mol. The van der Waals surface area contributed by atoms with Crippen molar-refractivity contribution in [1.82, 2.24) is 4.57 Å². The minimum atomic E-state index is -0.0292. The molecule has 1 aromatic heterocycles. The van der Waals surface area contributed by atoms with E-state index in [2.05, 4.69) is 230 Å². The highest BCUT2D eigenvalue weighted by Crippen LogP contribution is 2.53. The van der Waals surface area contributed by atoms with Gasteiger partial charge in [0.15, 0.2) is 0 Å². The maximum Gasteiger partial charge on any atom is 0.0602 e. The third-order valence-electron chi connectivity index (χ3n) is 12.8. The quantitative estimate of drug-likeness (QED) is 0.172. The summed E-state index contributed by atoms with van der Waals surface area (Å²) in [6.07, 6.45) is 0. The Labute approximate surface area is 355 Å². The summed E-state index contributed by atoms with van der Waals surface area (Å²) in [7, 11) is 0. The van der Waals surface area contributed by atoms with Crippen molar-refractivity contribution >= 4 is 50.6 Å². The lowest BCUT2D eigenvalue weighted by atomic mass is 9.82. The maximum absolute atomic E-state index is 2.46. The number of anilines is 3. The van der Waals surface area contributed by atoms with Crippen molar-refractivity contribution < 1.29 is 0 Å². The summed E-state index contributed by atoms with van der Waals surface area (Å²) in [6, 6.07) is 76.1. The highest BCUT2D eigenvalue weighted by molar-refractivity contribution is 7.99. The molecule has 0 atom stereocenters. The molecule has 0 saturated carbocycles. The number of rotatable bonds is 5. The van der Waals surface area contributed by atoms with E-state index in [1.54, 1.807) is 0 Å². The molecule has 0 amide bonds. The van der Waals surface area contributed by atoms with Crippen LogP contribution in [-0.2, 0) is 5.41 Å². The fraction of sp³-hybridized carbons (Fsp3) is 0.0526. The van der Waals surface area contributed by atoms with Crippen LogP contribution in [0.5, 0.6) is 0 Å². The van der Waals surface area contributed by atoms with Gasteiger partial charge in [-0.15, -0.1) is 0 Å². The Hall–Kier alpha value is -7.07. The van der Waals surface area contributed by atoms with Crippen LogP contribution in [0.15, 0.2) is 216 Å². The van der Waals surface area contributed by atoms with Crippen molar-refractivity contribution in [2.75, 3.05) is 4.90 Å². The SMILES string of the molecule is CC1(C)c2ccccc2-c2cc(-n3c4ccccc4c4ccc(-c5cccc(-c6ccc7c(c6)Sc6ccccc6N7c6cccc(-c7ccccc7)c6)c5)cc43)ccc21. The summed E-state index contributed by atoms with van der Waals surface area (Å²) in [6.45, 7) is 4.70. The minimum absolute atomic E-state index is 0.0292. The summed E-state index contributed by atoms with van der Waals surface area (Å²) in [5.41, 5.74) is 19.8. The van der Waals surface area contributed by atoms with Crippen LogP contribution >= 0.6 is 11.8 Å². The highest BCUT2D eigenvalue weighted by atomic mass is 32.2. The molecule has 2 nitrogen and oxygen atoms in total. The number of benzene rings is 9. The number of hydrogen-bond acceptors (Lipinski definition) is 2. The first-order chi connectivity index (χ1) is 29.5. The molecular weight excluding hydrogens is 745 g/mol. The molecule has 10 aromatic rings. The predicted molar refractivity (Wildman–Crippen MR) is 253 cm³/mol. The number of hydrogen-bond donors (Lipinski definition) is 0. The summed E-state index contributed by atoms with van der Waals surface area (Å²) in [4.78, 5) is 4.91. The van der Waals surface area contributed by atoms with Crippen LogP contribution in [0.2, 0.25) is 0 Å². The standard InChI is InChI=1S/C57H40N2S/c1-57(2)49-22-8-6-20-45(49)48-36-44(28-30-50(48)57)58-51-23-9-7-21-46(51)47-29-26-41(34-54(47)58)38-16-12-17-39(32-38)42-27-31-53-56(35-42)60-55-25-11-10-24-52(55)59(53)43-19-13-18-40(33-43)37-14-4-3-5-15-37/h3-36H,1-2H3. The van der Waals surface area contributed by atoms with Gasteiger partial charge in [-0.2, -0.15) is 0 Å². The van der Waals surface area contributed by atoms with Gasteiger partial charge in [-0.3, -0.25) is 0 Å². The molecule has 3 heteroatoms. The number of nitrogens with zero attached hydrogens (tertiary/aromatic N) is 2. The largest absolute Gasteiger partial charge is 0.309 e. The summed E-state index contributed by atoms with van der Waals surface area (Å²) in [5, 5.41) is 2.53. The highest BCUT2D eigenvalue weighted by Gasteiger charge is 2.35. The van der Waals surface area contributed by atoms with E-state index in [-0.39, 0.29) is 5.41 Å². The third-order valence-corrected chi connectivity index (χ3v) is 13.9. The van der Waals surface area contributed by atoms with Gasteiger partial charge in [-0.25, -0.2) is 0 Å². The Bertz CT molecular complexity index is 3340. The second-order valence-electron chi connectivity index (χ2n) is 16.6. The van der Waals surface area contributed by atoms with Crippen LogP contribution in [0.3, 0.4) is 0 Å². The molecule has 1 aliphatic heterocycles. The van der Waals surface area contributed by atoms with E-state index in [9.17, 15) is 0 Å². The molecule has 0 N–H and O–H groups in total. The first-order valence-corrected chi connectivity index (χ1v) is 21.6. The summed E-state index contributed by atoms with van der Waals surface area (Å²) in [5.74, 6) is 0. The van der Waals surface area contributed by atoms with E-state index >= 15 is 0 Å². The zero-order valence-corrected chi connectivity index (χ0v) is 34.2. The zero-order valence-electron chi connectivity index (χ0n) is 33.4. The Morgan fingerprint density at radius 1 is 0.367 bits per heavy atom. The smallest absolute Gasteiger partial charge is 0.0602 e. The minimum Gasteiger partial charge on any atom is -0.309 e. The lowest BCUT2D eigenvalue weighted by Gasteiger charge is -2.33. The Kier molecular flexibility index (Phi) is 7.85. The molecule has 2 heterocycles. The van der Waals surface area contributed by atoms with Gasteiger partial charge in [0.25, 0.3) is 0 Å². The van der Waals surface area contributed by atoms with E-state index in [0.717, 1.165) is 5.69 Å². The number of fused-ring (bicyclic) bond motifs is 8. The van der Waals surface area contributed by atoms with Gasteiger partial charge >= 0.3 is 0 Å². The molecule has 0 spiro atoms. The number of para-hydroxylation sites is 2. The fourth-order valence-corrected chi connectivity index (χ4v) is 10.9. The van der Waals surface area contributed by atoms with E-state index < -0.39 is 0 Å². The topological polar surface area (TPSA) is 8.17 Å². The van der Waals surface area contributed by atoms with Gasteiger partial charge < -0.3 is 9.47 Å². The molecule has 1 aliphatic carbocycles. The average molecular weight is 785 g/mol. The molecule has 9 aromatic carbocycles. The molecule has 0 fully saturated rings. The van der Waals surface area contributed by atoms with Crippen LogP contribution in [-0.4, -0.2) is 4.57 Å². The summed E-state index contributed by atoms with van der Waals surface area (Å²) < 4.78 is 2.46. The molecule has 2 aliphatic rings. The average Bonchev–Trinajstić information content (AvgIpc) is 3.75. The van der Waals surface area contributed by atoms with Crippen molar-refractivity contribution in [3.05, 3.63) is 217 Å². The van der Waals surface area contributed by atoms with E-state index in [1.165, 1.54) is 104 Å². The lowest BCUT2D eigenvalue weighted by Crippen LogP contribution is -2.14. The fourth-order valence-electron chi connectivity index (χ4n) is 9.82. The third kappa shape index (κ3) is 5.43. The van der Waals surface area contributed by atoms with E-state index in [0.29, 0.717) is 0 Å². The second kappa shape index (κ2) is 13.5. The molecule has 0 unspecified atom stereocenters. The number of aromatic nitrogens is 1. The van der Waals surface area contributed by atoms with Crippen LogP contribution < -0.4 is 4.90 Å². The van der Waals surface area contributed by atoms with Gasteiger partial charge in [0.1, 0.15) is 0 Å². The molecule has 0 bridgehead atoms. The molecule has 0 radical (unpaired) electrons. The Morgan fingerprint density at radius 2 is 1.00 bits per heavy atom. The van der Waals surface area contributed by atoms with Crippen molar-refractivity contribution in [2.45, 2.75) is 29.1 Å². The van der Waals surface area contributed by atoms with Crippen LogP contribution in [0.25, 0.3) is 72.0 Å². The molecular formula is C57H40N2S. The van der Waals surface area contributed by atoms with Gasteiger partial charge in [0.05, 0.1) is 22.4 Å². The molecule has 12 rings (SSSR count). The van der Waals surface area contributed by atoms with Crippen LogP contribution in [0.4, 0.5) is 17.1 Å². The van der Waals surface area contributed by atoms with Gasteiger partial charge in [-0.05, 0) is 122 Å². The zero-order chi connectivity index (χ0) is 40.0. The Morgan fingerprint density at radius 3 is 1.88 bits per heavy atom. The van der Waals surface area contributed by atoms with Crippen molar-refractivity contribution in [1.29, 1.82) is 0 Å². The second-order valence-corrected chi connectivity index (χ2v) is 17.7. The lowest BCUT2D eigenvalue weighted by molar-refractivity contribution is 0.660. The summed E-state index contributed by atoms with van der Waals surface area (Å²) >= 11 is 1.85. The first-order valence-electron chi connectivity index (χ1n) is 20.7. The Balaban J connectivity index is 0.943. The molecule has 284 valence electrons. The predicted octanol–water partition coefficient (Wildman–Crippen LogP) is 16.0. The van der Waals surface area contributed by atoms with Crippen molar-refractivity contribution in [3.63, 3.8) is 0 Å². The van der Waals surface area contributed by atoms with E-state index in [1.807, 2.05) is 11.8 Å². The maximum atomic E-state index is 2.46. The first kappa shape index (κ1) is 34.9. The van der Waals surface area contributed by atoms with Crippen LogP contribution in [0.1, 0.15) is 25.0 Å². The van der Waals surface area contributed by atoms with Gasteiger partial charge in [0, 0.05) is 37.4 Å². The van der Waals surface area contributed by atoms with Crippen LogP contribution in [0, 0.1) is 0 Å². The van der Waals surface area contributed by atoms with Gasteiger partial charge in [0.2, 0.25) is 0 Å². The van der Waals surface area contributed by atoms with Crippen molar-refractivity contribution in [2.24, 2.45) is 0 Å². The van der Waals surface area contributed by atoms with Gasteiger partial charge in [-0.1, -0.05) is 165 Å². The molecule has 0 saturated heterocycles. The molecule has 60 heavy (non-hydrogen) atoms. The normalized spacial score (nSPS) is 13.5. The van der Waals surface area contributed by atoms with E-state index in [4.69, 9.17) is 0 Å². The van der Waals surface area contributed by atoms with Crippen molar-refractivity contribution in [3.8, 4) is 50.2 Å².